The van der Waals surface area contributed by atoms with Gasteiger partial charge in [0.15, 0.2) is 0 Å². The maximum absolute atomic E-state index is 12.0. The van der Waals surface area contributed by atoms with Gasteiger partial charge in [0.2, 0.25) is 5.91 Å². The van der Waals surface area contributed by atoms with Crippen LogP contribution in [0.1, 0.15) is 39.3 Å². The topological polar surface area (TPSA) is 37.3 Å². The number of carbonyl (C=O) groups is 1. The van der Waals surface area contributed by atoms with Crippen LogP contribution >= 0.6 is 0 Å². The van der Waals surface area contributed by atoms with E-state index in [9.17, 15) is 4.79 Å². The van der Waals surface area contributed by atoms with Crippen molar-refractivity contribution >= 4 is 5.91 Å². The van der Waals surface area contributed by atoms with Gasteiger partial charge in [-0.1, -0.05) is 13.8 Å². The largest absolute Gasteiger partial charge is 0.345 e. The third-order valence-electron chi connectivity index (χ3n) is 3.60. The number of hydrogen-bond donors (Lipinski definition) is 1. The fourth-order valence-corrected chi connectivity index (χ4v) is 2.18. The quantitative estimate of drug-likeness (QED) is 0.856. The number of likely N-dealkylation sites (N-methyl/N-ethyl adjacent to an activating group) is 1. The summed E-state index contributed by atoms with van der Waals surface area (Å²) in [6.07, 6.45) is 4.04. The monoisotopic (exact) mass is 265 g/mol. The Bertz CT molecular complexity index is 409. The van der Waals surface area contributed by atoms with Crippen LogP contribution in [0.3, 0.4) is 0 Å². The van der Waals surface area contributed by atoms with E-state index in [1.54, 1.807) is 4.90 Å². The lowest BCUT2D eigenvalue weighted by Crippen LogP contribution is -2.35. The van der Waals surface area contributed by atoms with Crippen molar-refractivity contribution in [3.63, 3.8) is 0 Å². The summed E-state index contributed by atoms with van der Waals surface area (Å²) in [6, 6.07) is 2.66. The summed E-state index contributed by atoms with van der Waals surface area (Å²) in [5.41, 5.74) is 1.23. The van der Waals surface area contributed by atoms with Gasteiger partial charge < -0.3 is 14.8 Å². The van der Waals surface area contributed by atoms with Crippen LogP contribution in [-0.4, -0.2) is 35.5 Å². The highest BCUT2D eigenvalue weighted by Crippen LogP contribution is 2.21. The third kappa shape index (κ3) is 4.10. The van der Waals surface area contributed by atoms with Crippen molar-refractivity contribution in [2.75, 3.05) is 14.1 Å². The van der Waals surface area contributed by atoms with Gasteiger partial charge in [-0.15, -0.1) is 0 Å². The zero-order valence-electron chi connectivity index (χ0n) is 13.0. The molecule has 1 aromatic heterocycles. The molecule has 108 valence electrons. The van der Waals surface area contributed by atoms with E-state index in [4.69, 9.17) is 0 Å². The van der Waals surface area contributed by atoms with Gasteiger partial charge in [0.1, 0.15) is 6.54 Å². The van der Waals surface area contributed by atoms with Gasteiger partial charge in [-0.05, 0) is 38.4 Å². The molecule has 0 aliphatic carbocycles. The van der Waals surface area contributed by atoms with E-state index in [0.29, 0.717) is 18.5 Å². The van der Waals surface area contributed by atoms with E-state index >= 15 is 0 Å². The van der Waals surface area contributed by atoms with Crippen molar-refractivity contribution < 1.29 is 4.79 Å². The normalized spacial score (nSPS) is 13.1. The smallest absolute Gasteiger partial charge is 0.242 e. The van der Waals surface area contributed by atoms with Crippen molar-refractivity contribution in [2.24, 2.45) is 5.92 Å². The number of amides is 1. The molecule has 1 N–H and O–H groups in total. The summed E-state index contributed by atoms with van der Waals surface area (Å²) < 4.78 is 1.96. The average Bonchev–Trinajstić information content (AvgIpc) is 2.76. The van der Waals surface area contributed by atoms with Crippen LogP contribution in [0, 0.1) is 5.92 Å². The minimum atomic E-state index is 0.141. The number of rotatable bonds is 6. The Kier molecular flexibility index (Phi) is 5.60. The zero-order chi connectivity index (χ0) is 14.6. The summed E-state index contributed by atoms with van der Waals surface area (Å²) in [5.74, 6) is 0.664. The number of nitrogens with zero attached hydrogens (tertiary/aromatic N) is 2. The molecule has 0 radical (unpaired) electrons. The second-order valence-corrected chi connectivity index (χ2v) is 5.73. The van der Waals surface area contributed by atoms with Crippen molar-refractivity contribution in [1.29, 1.82) is 0 Å². The third-order valence-corrected chi connectivity index (χ3v) is 3.60. The van der Waals surface area contributed by atoms with Gasteiger partial charge in [-0.3, -0.25) is 4.79 Å². The van der Waals surface area contributed by atoms with Crippen LogP contribution in [0.15, 0.2) is 18.5 Å². The molecule has 0 fully saturated rings. The molecular weight excluding hydrogens is 238 g/mol. The van der Waals surface area contributed by atoms with Gasteiger partial charge in [-0.2, -0.15) is 0 Å². The van der Waals surface area contributed by atoms with E-state index in [0.717, 1.165) is 0 Å². The maximum atomic E-state index is 12.0. The number of nitrogens with one attached hydrogen (secondary N) is 1. The molecule has 0 aromatic carbocycles. The Morgan fingerprint density at radius 3 is 2.47 bits per heavy atom. The molecule has 19 heavy (non-hydrogen) atoms. The fourth-order valence-electron chi connectivity index (χ4n) is 2.18. The van der Waals surface area contributed by atoms with Gasteiger partial charge >= 0.3 is 0 Å². The zero-order valence-corrected chi connectivity index (χ0v) is 13.0. The molecule has 0 bridgehead atoms. The van der Waals surface area contributed by atoms with E-state index in [1.165, 1.54) is 5.56 Å². The summed E-state index contributed by atoms with van der Waals surface area (Å²) >= 11 is 0. The predicted octanol–water partition coefficient (Wildman–Crippen LogP) is 2.27. The highest BCUT2D eigenvalue weighted by molar-refractivity contribution is 5.76. The van der Waals surface area contributed by atoms with Crippen LogP contribution in [-0.2, 0) is 11.3 Å². The second kappa shape index (κ2) is 6.75. The molecule has 1 atom stereocenters. The summed E-state index contributed by atoms with van der Waals surface area (Å²) in [7, 11) is 3.82. The standard InChI is InChI=1S/C15H27N3O/c1-11(2)15(16-5)13-7-8-18(9-13)10-14(19)17(6)12(3)4/h7-9,11-12,15-16H,10H2,1-6H3. The van der Waals surface area contributed by atoms with E-state index in [1.807, 2.05) is 38.7 Å². The highest BCUT2D eigenvalue weighted by atomic mass is 16.2. The van der Waals surface area contributed by atoms with Crippen LogP contribution < -0.4 is 5.32 Å². The van der Waals surface area contributed by atoms with Crippen molar-refractivity contribution in [2.45, 2.75) is 46.3 Å². The van der Waals surface area contributed by atoms with Crippen molar-refractivity contribution in [3.05, 3.63) is 24.0 Å². The first kappa shape index (κ1) is 15.8. The molecule has 1 heterocycles. The Balaban J connectivity index is 2.72. The second-order valence-electron chi connectivity index (χ2n) is 5.73. The Morgan fingerprint density at radius 1 is 1.37 bits per heavy atom. The Labute approximate surface area is 116 Å². The van der Waals surface area contributed by atoms with Crippen molar-refractivity contribution in [3.8, 4) is 0 Å². The SMILES string of the molecule is CNC(c1ccn(CC(=O)N(C)C(C)C)c1)C(C)C. The van der Waals surface area contributed by atoms with Crippen LogP contribution in [0.5, 0.6) is 0 Å². The molecule has 4 heteroatoms. The lowest BCUT2D eigenvalue weighted by atomic mass is 9.99. The molecule has 0 saturated carbocycles. The first-order valence-corrected chi connectivity index (χ1v) is 6.95. The number of carbonyl (C=O) groups excluding carboxylic acids is 1. The molecule has 0 aliphatic heterocycles. The fraction of sp³-hybridized carbons (Fsp3) is 0.667. The van der Waals surface area contributed by atoms with Crippen LogP contribution in [0.4, 0.5) is 0 Å². The number of hydrogen-bond acceptors (Lipinski definition) is 2. The van der Waals surface area contributed by atoms with E-state index < -0.39 is 0 Å². The van der Waals surface area contributed by atoms with Crippen LogP contribution in [0.25, 0.3) is 0 Å². The molecule has 4 nitrogen and oxygen atoms in total. The lowest BCUT2D eigenvalue weighted by Gasteiger charge is -2.22. The summed E-state index contributed by atoms with van der Waals surface area (Å²) in [6.45, 7) is 8.83. The molecule has 1 unspecified atom stereocenters. The van der Waals surface area contributed by atoms with E-state index in [2.05, 4.69) is 31.4 Å². The molecule has 0 spiro atoms. The maximum Gasteiger partial charge on any atom is 0.242 e. The lowest BCUT2D eigenvalue weighted by molar-refractivity contribution is -0.131. The van der Waals surface area contributed by atoms with Crippen molar-refractivity contribution in [1.82, 2.24) is 14.8 Å². The molecule has 1 rings (SSSR count). The first-order valence-electron chi connectivity index (χ1n) is 6.95. The van der Waals surface area contributed by atoms with Crippen LogP contribution in [0.2, 0.25) is 0 Å². The molecule has 1 aromatic rings. The summed E-state index contributed by atoms with van der Waals surface area (Å²) in [5, 5.41) is 3.32. The molecule has 0 aliphatic rings. The summed E-state index contributed by atoms with van der Waals surface area (Å²) in [4.78, 5) is 13.8. The molecule has 1 amide bonds. The van der Waals surface area contributed by atoms with Gasteiger partial charge in [-0.25, -0.2) is 0 Å². The number of aromatic nitrogens is 1. The Morgan fingerprint density at radius 2 is 2.00 bits per heavy atom. The Hall–Kier alpha value is -1.29. The highest BCUT2D eigenvalue weighted by Gasteiger charge is 2.16. The predicted molar refractivity (Wildman–Crippen MR) is 79.0 cm³/mol. The van der Waals surface area contributed by atoms with Gasteiger partial charge in [0.25, 0.3) is 0 Å². The first-order chi connectivity index (χ1) is 8.86. The minimum absolute atomic E-state index is 0.141. The molecular formula is C15H27N3O. The average molecular weight is 265 g/mol. The van der Waals surface area contributed by atoms with E-state index in [-0.39, 0.29) is 11.9 Å². The van der Waals surface area contributed by atoms with Gasteiger partial charge in [0.05, 0.1) is 0 Å². The molecule has 0 saturated heterocycles. The minimum Gasteiger partial charge on any atom is -0.345 e. The van der Waals surface area contributed by atoms with Gasteiger partial charge in [0, 0.05) is 31.5 Å².